The zero-order valence-electron chi connectivity index (χ0n) is 16.0. The van der Waals surface area contributed by atoms with Gasteiger partial charge in [0.1, 0.15) is 0 Å². The van der Waals surface area contributed by atoms with Crippen LogP contribution in [0.4, 0.5) is 0 Å². The van der Waals surface area contributed by atoms with Crippen LogP contribution in [0.2, 0.25) is 0 Å². The smallest absolute Gasteiger partial charge is 0.272 e. The predicted octanol–water partition coefficient (Wildman–Crippen LogP) is 1.48. The lowest BCUT2D eigenvalue weighted by Gasteiger charge is -2.33. The molecule has 2 aromatic rings. The number of hydrogen-bond acceptors (Lipinski definition) is 5. The lowest BCUT2D eigenvalue weighted by atomic mass is 9.92. The summed E-state index contributed by atoms with van der Waals surface area (Å²) in [6.45, 7) is 4.93. The summed E-state index contributed by atoms with van der Waals surface area (Å²) in [6, 6.07) is 0. The van der Waals surface area contributed by atoms with Crippen LogP contribution in [0.5, 0.6) is 0 Å². The van der Waals surface area contributed by atoms with E-state index in [1.807, 2.05) is 25.6 Å². The number of hydrogen-bond donors (Lipinski definition) is 0. The van der Waals surface area contributed by atoms with Crippen molar-refractivity contribution in [3.05, 3.63) is 29.5 Å². The van der Waals surface area contributed by atoms with Gasteiger partial charge in [-0.3, -0.25) is 14.6 Å². The molecule has 0 bridgehead atoms. The summed E-state index contributed by atoms with van der Waals surface area (Å²) >= 11 is 0. The molecule has 0 spiro atoms. The molecule has 1 atom stereocenters. The summed E-state index contributed by atoms with van der Waals surface area (Å²) < 4.78 is 29.7. The minimum absolute atomic E-state index is 0.0150. The Kier molecular flexibility index (Phi) is 5.14. The molecule has 0 radical (unpaired) electrons. The predicted molar refractivity (Wildman–Crippen MR) is 99.9 cm³/mol. The Morgan fingerprint density at radius 3 is 2.50 bits per heavy atom. The van der Waals surface area contributed by atoms with Gasteiger partial charge in [0.25, 0.3) is 10.2 Å². The Balaban J connectivity index is 2.01. The normalized spacial score (nSPS) is 19.2. The Labute approximate surface area is 155 Å². The van der Waals surface area contributed by atoms with Crippen molar-refractivity contribution in [2.75, 3.05) is 27.2 Å². The van der Waals surface area contributed by atoms with Gasteiger partial charge in [-0.15, -0.1) is 0 Å². The van der Waals surface area contributed by atoms with Crippen LogP contribution in [0.1, 0.15) is 35.8 Å². The highest BCUT2D eigenvalue weighted by molar-refractivity contribution is 7.86. The second-order valence-corrected chi connectivity index (χ2v) is 9.09. The monoisotopic (exact) mass is 378 g/mol. The molecule has 1 fully saturated rings. The van der Waals surface area contributed by atoms with Gasteiger partial charge < -0.3 is 0 Å². The van der Waals surface area contributed by atoms with Gasteiger partial charge in [-0.1, -0.05) is 0 Å². The molecule has 1 unspecified atom stereocenters. The molecular formula is C17H26N6O2S. The first-order valence-corrected chi connectivity index (χ1v) is 10.1. The number of piperidine rings is 1. The lowest BCUT2D eigenvalue weighted by molar-refractivity contribution is 0.296. The Hall–Kier alpha value is -1.84. The summed E-state index contributed by atoms with van der Waals surface area (Å²) in [5.41, 5.74) is 4.58. The van der Waals surface area contributed by atoms with E-state index in [4.69, 9.17) is 0 Å². The lowest BCUT2D eigenvalue weighted by Crippen LogP contribution is -2.45. The summed E-state index contributed by atoms with van der Waals surface area (Å²) in [6.07, 6.45) is 5.06. The van der Waals surface area contributed by atoms with Gasteiger partial charge in [0, 0.05) is 63.8 Å². The molecular weight excluding hydrogens is 352 g/mol. The highest BCUT2D eigenvalue weighted by atomic mass is 32.2. The summed E-state index contributed by atoms with van der Waals surface area (Å²) in [5, 5.41) is 4.49. The fraction of sp³-hybridized carbons (Fsp3) is 0.588. The van der Waals surface area contributed by atoms with Gasteiger partial charge in [-0.25, -0.2) is 0 Å². The second kappa shape index (κ2) is 7.05. The largest absolute Gasteiger partial charge is 0.281 e. The molecule has 1 saturated heterocycles. The molecule has 0 aromatic carbocycles. The van der Waals surface area contributed by atoms with Crippen LogP contribution < -0.4 is 0 Å². The molecule has 3 heterocycles. The molecule has 9 heteroatoms. The van der Waals surface area contributed by atoms with Crippen LogP contribution in [-0.4, -0.2) is 64.0 Å². The molecule has 0 N–H and O–H groups in total. The number of nitrogens with zero attached hydrogens (tertiary/aromatic N) is 6. The molecule has 0 saturated carbocycles. The summed E-state index contributed by atoms with van der Waals surface area (Å²) in [4.78, 5) is 9.18. The first-order chi connectivity index (χ1) is 12.2. The van der Waals surface area contributed by atoms with Crippen LogP contribution in [0.15, 0.2) is 12.4 Å². The van der Waals surface area contributed by atoms with Crippen LogP contribution >= 0.6 is 0 Å². The first kappa shape index (κ1) is 18.9. The Bertz CT molecular complexity index is 906. The molecule has 0 amide bonds. The van der Waals surface area contributed by atoms with E-state index in [0.29, 0.717) is 13.1 Å². The van der Waals surface area contributed by atoms with Crippen molar-refractivity contribution in [2.45, 2.75) is 32.6 Å². The van der Waals surface area contributed by atoms with Crippen LogP contribution in [-0.2, 0) is 17.3 Å². The Morgan fingerprint density at radius 1 is 1.19 bits per heavy atom. The molecule has 1 aliphatic rings. The number of aryl methyl sites for hydroxylation is 2. The highest BCUT2D eigenvalue weighted by Crippen LogP contribution is 2.35. The first-order valence-electron chi connectivity index (χ1n) is 8.72. The van der Waals surface area contributed by atoms with Crippen molar-refractivity contribution < 1.29 is 8.42 Å². The second-order valence-electron chi connectivity index (χ2n) is 6.95. The third-order valence-corrected chi connectivity index (χ3v) is 6.94. The fourth-order valence-electron chi connectivity index (χ4n) is 3.56. The van der Waals surface area contributed by atoms with E-state index in [1.165, 1.54) is 4.31 Å². The maximum atomic E-state index is 12.5. The van der Waals surface area contributed by atoms with Crippen molar-refractivity contribution in [1.29, 1.82) is 0 Å². The van der Waals surface area contributed by atoms with Crippen molar-refractivity contribution in [1.82, 2.24) is 28.4 Å². The van der Waals surface area contributed by atoms with E-state index in [2.05, 4.69) is 15.1 Å². The van der Waals surface area contributed by atoms with E-state index in [1.54, 1.807) is 30.8 Å². The van der Waals surface area contributed by atoms with Crippen LogP contribution in [0.25, 0.3) is 11.3 Å². The molecule has 1 aliphatic heterocycles. The standard InChI is InChI=1S/C17H26N6O2S/c1-12-15(13(2)22(5)20-12)17-16(18-8-9-19-17)14-7-6-10-23(11-14)26(24,25)21(3)4/h8-9,14H,6-7,10-11H2,1-5H3. The van der Waals surface area contributed by atoms with Gasteiger partial charge in [0.15, 0.2) is 0 Å². The van der Waals surface area contributed by atoms with E-state index >= 15 is 0 Å². The molecule has 26 heavy (non-hydrogen) atoms. The average Bonchev–Trinajstić information content (AvgIpc) is 2.87. The zero-order chi connectivity index (χ0) is 19.1. The molecule has 0 aliphatic carbocycles. The van der Waals surface area contributed by atoms with Crippen molar-refractivity contribution in [3.63, 3.8) is 0 Å². The zero-order valence-corrected chi connectivity index (χ0v) is 16.8. The average molecular weight is 379 g/mol. The van der Waals surface area contributed by atoms with Crippen molar-refractivity contribution >= 4 is 10.2 Å². The van der Waals surface area contributed by atoms with Gasteiger partial charge >= 0.3 is 0 Å². The van der Waals surface area contributed by atoms with Gasteiger partial charge in [0.05, 0.1) is 17.1 Å². The van der Waals surface area contributed by atoms with Crippen LogP contribution in [0, 0.1) is 13.8 Å². The van der Waals surface area contributed by atoms with E-state index in [9.17, 15) is 8.42 Å². The molecule has 2 aromatic heterocycles. The van der Waals surface area contributed by atoms with E-state index in [-0.39, 0.29) is 5.92 Å². The Morgan fingerprint density at radius 2 is 1.88 bits per heavy atom. The maximum Gasteiger partial charge on any atom is 0.281 e. The minimum atomic E-state index is -3.43. The van der Waals surface area contributed by atoms with Gasteiger partial charge in [-0.2, -0.15) is 22.1 Å². The van der Waals surface area contributed by atoms with E-state index < -0.39 is 10.2 Å². The molecule has 8 nitrogen and oxygen atoms in total. The van der Waals surface area contributed by atoms with E-state index in [0.717, 1.165) is 41.2 Å². The number of rotatable bonds is 4. The summed E-state index contributed by atoms with van der Waals surface area (Å²) in [7, 11) is 1.61. The summed E-state index contributed by atoms with van der Waals surface area (Å²) in [5.74, 6) is 0.0150. The number of aromatic nitrogens is 4. The van der Waals surface area contributed by atoms with Crippen molar-refractivity contribution in [2.24, 2.45) is 7.05 Å². The minimum Gasteiger partial charge on any atom is -0.272 e. The topological polar surface area (TPSA) is 84.2 Å². The third kappa shape index (κ3) is 3.26. The van der Waals surface area contributed by atoms with Gasteiger partial charge in [0.2, 0.25) is 0 Å². The molecule has 3 rings (SSSR count). The maximum absolute atomic E-state index is 12.5. The third-order valence-electron chi connectivity index (χ3n) is 5.03. The molecule has 142 valence electrons. The van der Waals surface area contributed by atoms with Gasteiger partial charge in [-0.05, 0) is 26.7 Å². The highest BCUT2D eigenvalue weighted by Gasteiger charge is 2.33. The van der Waals surface area contributed by atoms with Crippen molar-refractivity contribution in [3.8, 4) is 11.3 Å². The quantitative estimate of drug-likeness (QED) is 0.805. The van der Waals surface area contributed by atoms with Crippen LogP contribution in [0.3, 0.4) is 0 Å². The SMILES string of the molecule is Cc1nn(C)c(C)c1-c1nccnc1C1CCCN(S(=O)(=O)N(C)C)C1. The fourth-order valence-corrected chi connectivity index (χ4v) is 4.75.